The molecule has 0 unspecified atom stereocenters. The molecule has 0 atom stereocenters. The molecule has 1 aromatic rings. The van der Waals surface area contributed by atoms with Crippen LogP contribution in [-0.4, -0.2) is 41.2 Å². The van der Waals surface area contributed by atoms with Gasteiger partial charge in [-0.05, 0) is 12.1 Å². The number of anilines is 1. The predicted octanol–water partition coefficient (Wildman–Crippen LogP) is -1.31. The zero-order chi connectivity index (χ0) is 13.8. The van der Waals surface area contributed by atoms with E-state index in [1.54, 1.807) is 0 Å². The Morgan fingerprint density at radius 3 is 2.56 bits per heavy atom. The van der Waals surface area contributed by atoms with E-state index in [9.17, 15) is 16.8 Å². The second-order valence-electron chi connectivity index (χ2n) is 3.36. The first-order valence-corrected chi connectivity index (χ1v) is 8.09. The summed E-state index contributed by atoms with van der Waals surface area (Å²) in [6, 6.07) is 2.83. The van der Waals surface area contributed by atoms with Gasteiger partial charge in [-0.25, -0.2) is 31.7 Å². The van der Waals surface area contributed by atoms with E-state index >= 15 is 0 Å². The Hall–Kier alpha value is -1.23. The van der Waals surface area contributed by atoms with Crippen molar-refractivity contribution >= 4 is 25.9 Å². The van der Waals surface area contributed by atoms with Gasteiger partial charge in [0.2, 0.25) is 20.0 Å². The van der Waals surface area contributed by atoms with E-state index in [1.165, 1.54) is 25.4 Å². The highest BCUT2D eigenvalue weighted by molar-refractivity contribution is 7.90. The summed E-state index contributed by atoms with van der Waals surface area (Å²) in [5, 5.41) is 7.41. The zero-order valence-corrected chi connectivity index (χ0v) is 11.3. The molecule has 102 valence electrons. The smallest absolute Gasteiger partial charge is 0.244 e. The van der Waals surface area contributed by atoms with E-state index in [0.29, 0.717) is 0 Å². The average molecular weight is 294 g/mol. The lowest BCUT2D eigenvalue weighted by molar-refractivity contribution is 0.581. The van der Waals surface area contributed by atoms with E-state index in [1.807, 2.05) is 0 Å². The number of sulfonamides is 2. The highest BCUT2D eigenvalue weighted by Gasteiger charge is 2.18. The van der Waals surface area contributed by atoms with Crippen molar-refractivity contribution in [3.63, 3.8) is 0 Å². The van der Waals surface area contributed by atoms with Crippen LogP contribution in [0.25, 0.3) is 0 Å². The van der Waals surface area contributed by atoms with Gasteiger partial charge in [0.05, 0.1) is 5.75 Å². The fraction of sp³-hybridized carbons (Fsp3) is 0.375. The van der Waals surface area contributed by atoms with Gasteiger partial charge in [-0.15, -0.1) is 0 Å². The predicted molar refractivity (Wildman–Crippen MR) is 66.9 cm³/mol. The molecular weight excluding hydrogens is 280 g/mol. The molecule has 0 bridgehead atoms. The maximum Gasteiger partial charge on any atom is 0.244 e. The molecule has 0 spiro atoms. The van der Waals surface area contributed by atoms with Crippen LogP contribution in [0.3, 0.4) is 0 Å². The van der Waals surface area contributed by atoms with E-state index in [0.717, 1.165) is 0 Å². The third-order valence-corrected chi connectivity index (χ3v) is 4.24. The van der Waals surface area contributed by atoms with Crippen LogP contribution >= 0.6 is 0 Å². The van der Waals surface area contributed by atoms with E-state index in [4.69, 9.17) is 5.14 Å². The van der Waals surface area contributed by atoms with E-state index in [-0.39, 0.29) is 17.3 Å². The topological polar surface area (TPSA) is 131 Å². The van der Waals surface area contributed by atoms with Crippen LogP contribution in [0.4, 0.5) is 5.82 Å². The normalized spacial score (nSPS) is 12.3. The van der Waals surface area contributed by atoms with Crippen LogP contribution < -0.4 is 15.2 Å². The number of rotatable bonds is 6. The third kappa shape index (κ3) is 4.22. The number of pyridine rings is 1. The molecule has 0 amide bonds. The fourth-order valence-corrected chi connectivity index (χ4v) is 2.90. The molecule has 1 aromatic heterocycles. The third-order valence-electron chi connectivity index (χ3n) is 1.98. The van der Waals surface area contributed by atoms with Gasteiger partial charge in [0.1, 0.15) is 10.7 Å². The maximum atomic E-state index is 11.9. The van der Waals surface area contributed by atoms with Crippen molar-refractivity contribution in [1.29, 1.82) is 0 Å². The second-order valence-corrected chi connectivity index (χ2v) is 6.83. The zero-order valence-electron chi connectivity index (χ0n) is 9.62. The molecule has 10 heteroatoms. The van der Waals surface area contributed by atoms with Crippen LogP contribution in [-0.2, 0) is 20.0 Å². The molecule has 0 fully saturated rings. The molecule has 4 N–H and O–H groups in total. The van der Waals surface area contributed by atoms with E-state index in [2.05, 4.69) is 15.0 Å². The Morgan fingerprint density at radius 2 is 2.00 bits per heavy atom. The molecular formula is C8H14N4O4S2. The monoisotopic (exact) mass is 294 g/mol. The minimum absolute atomic E-state index is 0.0538. The standard InChI is InChI=1S/C8H14N4O4S2/c1-10-8-7(3-2-4-11-8)18(15,16)12-5-6-17(9,13)14/h2-4,12H,5-6H2,1H3,(H,10,11)(H2,9,13,14). The second kappa shape index (κ2) is 5.61. The molecule has 0 saturated heterocycles. The number of hydrogen-bond donors (Lipinski definition) is 3. The molecule has 1 rings (SSSR count). The van der Waals surface area contributed by atoms with E-state index < -0.39 is 25.8 Å². The molecule has 0 aliphatic rings. The van der Waals surface area contributed by atoms with Crippen LogP contribution in [0.1, 0.15) is 0 Å². The average Bonchev–Trinajstić information content (AvgIpc) is 2.27. The van der Waals surface area contributed by atoms with Crippen molar-refractivity contribution in [3.8, 4) is 0 Å². The number of nitrogens with zero attached hydrogens (tertiary/aromatic N) is 1. The summed E-state index contributed by atoms with van der Waals surface area (Å²) in [7, 11) is -5.99. The van der Waals surface area contributed by atoms with Crippen LogP contribution in [0.5, 0.6) is 0 Å². The van der Waals surface area contributed by atoms with Crippen molar-refractivity contribution in [3.05, 3.63) is 18.3 Å². The van der Waals surface area contributed by atoms with Gasteiger partial charge in [-0.1, -0.05) is 0 Å². The van der Waals surface area contributed by atoms with Crippen LogP contribution in [0.2, 0.25) is 0 Å². The summed E-state index contributed by atoms with van der Waals surface area (Å²) in [6.07, 6.45) is 1.44. The molecule has 0 aromatic carbocycles. The molecule has 0 radical (unpaired) electrons. The minimum atomic E-state index is -3.82. The molecule has 0 aliphatic carbocycles. The quantitative estimate of drug-likeness (QED) is 0.597. The maximum absolute atomic E-state index is 11.9. The first kappa shape index (κ1) is 14.8. The van der Waals surface area contributed by atoms with Crippen molar-refractivity contribution in [2.45, 2.75) is 4.90 Å². The summed E-state index contributed by atoms with van der Waals surface area (Å²) in [5.41, 5.74) is 0. The molecule has 0 aliphatic heterocycles. The van der Waals surface area contributed by atoms with Gasteiger partial charge in [0.15, 0.2) is 0 Å². The highest BCUT2D eigenvalue weighted by Crippen LogP contribution is 2.16. The van der Waals surface area contributed by atoms with Crippen molar-refractivity contribution < 1.29 is 16.8 Å². The molecule has 1 heterocycles. The minimum Gasteiger partial charge on any atom is -0.372 e. The lowest BCUT2D eigenvalue weighted by Crippen LogP contribution is -2.32. The first-order valence-electron chi connectivity index (χ1n) is 4.89. The first-order chi connectivity index (χ1) is 8.26. The van der Waals surface area contributed by atoms with Crippen LogP contribution in [0, 0.1) is 0 Å². The summed E-state index contributed by atoms with van der Waals surface area (Å²) < 4.78 is 47.3. The number of nitrogens with two attached hydrogens (primary N) is 1. The lowest BCUT2D eigenvalue weighted by atomic mass is 10.5. The lowest BCUT2D eigenvalue weighted by Gasteiger charge is -2.09. The fourth-order valence-electron chi connectivity index (χ4n) is 1.19. The van der Waals surface area contributed by atoms with Gasteiger partial charge in [-0.3, -0.25) is 0 Å². The van der Waals surface area contributed by atoms with Crippen molar-refractivity contribution in [2.75, 3.05) is 24.7 Å². The SMILES string of the molecule is CNc1ncccc1S(=O)(=O)NCCS(N)(=O)=O. The van der Waals surface area contributed by atoms with Gasteiger partial charge in [-0.2, -0.15) is 0 Å². The molecule has 18 heavy (non-hydrogen) atoms. The van der Waals surface area contributed by atoms with Crippen molar-refractivity contribution in [2.24, 2.45) is 5.14 Å². The Balaban J connectivity index is 2.87. The number of primary sulfonamides is 1. The summed E-state index contributed by atoms with van der Waals surface area (Å²) in [6.45, 7) is -0.292. The Kier molecular flexibility index (Phi) is 4.62. The summed E-state index contributed by atoms with van der Waals surface area (Å²) in [5.74, 6) is -0.290. The summed E-state index contributed by atoms with van der Waals surface area (Å²) in [4.78, 5) is 3.79. The summed E-state index contributed by atoms with van der Waals surface area (Å²) >= 11 is 0. The van der Waals surface area contributed by atoms with Crippen LogP contribution in [0.15, 0.2) is 23.2 Å². The van der Waals surface area contributed by atoms with Gasteiger partial charge in [0, 0.05) is 19.8 Å². The van der Waals surface area contributed by atoms with Gasteiger partial charge >= 0.3 is 0 Å². The Bertz CT molecular complexity index is 612. The Morgan fingerprint density at radius 1 is 1.33 bits per heavy atom. The van der Waals surface area contributed by atoms with Crippen molar-refractivity contribution in [1.82, 2.24) is 9.71 Å². The van der Waals surface area contributed by atoms with Gasteiger partial charge in [0.25, 0.3) is 0 Å². The number of aromatic nitrogens is 1. The molecule has 8 nitrogen and oxygen atoms in total. The highest BCUT2D eigenvalue weighted by atomic mass is 32.2. The number of hydrogen-bond acceptors (Lipinski definition) is 6. The molecule has 0 saturated carbocycles. The number of nitrogens with one attached hydrogen (secondary N) is 2. The largest absolute Gasteiger partial charge is 0.372 e. The Labute approximate surface area is 106 Å². The van der Waals surface area contributed by atoms with Gasteiger partial charge < -0.3 is 5.32 Å².